The fourth-order valence-corrected chi connectivity index (χ4v) is 1.55. The molecule has 0 fully saturated rings. The molecule has 1 atom stereocenters. The van der Waals surface area contributed by atoms with Gasteiger partial charge in [0.1, 0.15) is 0 Å². The number of carbonyl (C=O) groups is 1. The molecule has 0 unspecified atom stereocenters. The lowest BCUT2D eigenvalue weighted by atomic mass is 10.0. The molecular weight excluding hydrogens is 172 g/mol. The lowest BCUT2D eigenvalue weighted by Crippen LogP contribution is -2.14. The summed E-state index contributed by atoms with van der Waals surface area (Å²) in [6, 6.07) is 0. The van der Waals surface area contributed by atoms with Gasteiger partial charge in [-0.25, -0.2) is 4.68 Å². The smallest absolute Gasteiger partial charge is 0.306 e. The summed E-state index contributed by atoms with van der Waals surface area (Å²) in [5.74, 6) is -0.189. The molecule has 13 heavy (non-hydrogen) atoms. The average Bonchev–Trinajstić information content (AvgIpc) is 2.44. The van der Waals surface area contributed by atoms with Gasteiger partial charge < -0.3 is 5.11 Å². The highest BCUT2D eigenvalue weighted by Gasteiger charge is 2.22. The number of aliphatic carboxylic acids is 1. The van der Waals surface area contributed by atoms with Crippen LogP contribution in [0.1, 0.15) is 18.7 Å². The van der Waals surface area contributed by atoms with Crippen LogP contribution in [0.3, 0.4) is 0 Å². The van der Waals surface area contributed by atoms with E-state index in [1.165, 1.54) is 0 Å². The minimum atomic E-state index is -0.723. The molecule has 2 rings (SSSR count). The van der Waals surface area contributed by atoms with Crippen molar-refractivity contribution in [3.63, 3.8) is 0 Å². The van der Waals surface area contributed by atoms with Gasteiger partial charge >= 0.3 is 5.97 Å². The van der Waals surface area contributed by atoms with Gasteiger partial charge in [-0.3, -0.25) is 4.79 Å². The van der Waals surface area contributed by atoms with E-state index in [1.807, 2.05) is 0 Å². The van der Waals surface area contributed by atoms with Crippen LogP contribution in [0.15, 0.2) is 0 Å². The molecular formula is C7H10N4O2. The quantitative estimate of drug-likeness (QED) is 0.645. The molecule has 0 spiro atoms. The number of hydrogen-bond donors (Lipinski definition) is 1. The van der Waals surface area contributed by atoms with Crippen LogP contribution in [0.5, 0.6) is 0 Å². The van der Waals surface area contributed by atoms with E-state index in [2.05, 4.69) is 15.5 Å². The van der Waals surface area contributed by atoms with Gasteiger partial charge in [0.15, 0.2) is 5.82 Å². The van der Waals surface area contributed by atoms with Crippen molar-refractivity contribution in [2.75, 3.05) is 0 Å². The largest absolute Gasteiger partial charge is 0.481 e. The van der Waals surface area contributed by atoms with Gasteiger partial charge in [-0.1, -0.05) is 0 Å². The predicted octanol–water partition coefficient (Wildman–Crippen LogP) is -0.290. The summed E-state index contributed by atoms with van der Waals surface area (Å²) < 4.78 is 1.68. The van der Waals surface area contributed by atoms with Crippen molar-refractivity contribution >= 4 is 5.97 Å². The summed E-state index contributed by atoms with van der Waals surface area (Å²) in [7, 11) is 0. The third-order valence-electron chi connectivity index (χ3n) is 2.36. The second-order valence-corrected chi connectivity index (χ2v) is 3.18. The number of hydrogen-bond acceptors (Lipinski definition) is 4. The minimum Gasteiger partial charge on any atom is -0.481 e. The highest BCUT2D eigenvalue weighted by atomic mass is 16.4. The zero-order valence-electron chi connectivity index (χ0n) is 7.05. The lowest BCUT2D eigenvalue weighted by Gasteiger charge is -2.05. The average molecular weight is 182 g/mol. The second-order valence-electron chi connectivity index (χ2n) is 3.18. The first-order valence-corrected chi connectivity index (χ1v) is 4.25. The Morgan fingerprint density at radius 2 is 2.38 bits per heavy atom. The summed E-state index contributed by atoms with van der Waals surface area (Å²) in [6.07, 6.45) is 1.91. The molecule has 0 saturated heterocycles. The van der Waals surface area contributed by atoms with Gasteiger partial charge in [0.05, 0.1) is 5.92 Å². The van der Waals surface area contributed by atoms with E-state index in [0.717, 1.165) is 5.82 Å². The zero-order valence-corrected chi connectivity index (χ0v) is 7.05. The third-order valence-corrected chi connectivity index (χ3v) is 2.36. The van der Waals surface area contributed by atoms with Crippen molar-refractivity contribution in [3.8, 4) is 0 Å². The van der Waals surface area contributed by atoms with Gasteiger partial charge in [-0.05, 0) is 23.3 Å². The number of carboxylic acids is 1. The van der Waals surface area contributed by atoms with E-state index in [0.29, 0.717) is 25.8 Å². The molecule has 0 aromatic carbocycles. The number of rotatable bonds is 1. The monoisotopic (exact) mass is 182 g/mol. The molecule has 1 aromatic heterocycles. The van der Waals surface area contributed by atoms with Crippen molar-refractivity contribution in [1.29, 1.82) is 0 Å². The Balaban J connectivity index is 2.12. The molecule has 0 amide bonds. The SMILES string of the molecule is O=C(O)[C@H]1CCc2nnnn2CC1. The van der Waals surface area contributed by atoms with Crippen molar-refractivity contribution in [2.24, 2.45) is 5.92 Å². The number of aromatic nitrogens is 4. The minimum absolute atomic E-state index is 0.261. The number of tetrazole rings is 1. The van der Waals surface area contributed by atoms with Crippen LogP contribution < -0.4 is 0 Å². The van der Waals surface area contributed by atoms with Crippen molar-refractivity contribution < 1.29 is 9.90 Å². The van der Waals surface area contributed by atoms with Crippen LogP contribution in [0.4, 0.5) is 0 Å². The maximum absolute atomic E-state index is 10.7. The molecule has 70 valence electrons. The summed E-state index contributed by atoms with van der Waals surface area (Å²) >= 11 is 0. The maximum atomic E-state index is 10.7. The first kappa shape index (κ1) is 8.15. The van der Waals surface area contributed by atoms with Crippen LogP contribution in [-0.4, -0.2) is 31.3 Å². The van der Waals surface area contributed by atoms with E-state index in [4.69, 9.17) is 5.11 Å². The van der Waals surface area contributed by atoms with E-state index in [9.17, 15) is 4.79 Å². The Morgan fingerprint density at radius 1 is 1.54 bits per heavy atom. The molecule has 1 aromatic rings. The third kappa shape index (κ3) is 1.51. The summed E-state index contributed by atoms with van der Waals surface area (Å²) in [5.41, 5.74) is 0. The van der Waals surface area contributed by atoms with E-state index >= 15 is 0 Å². The summed E-state index contributed by atoms with van der Waals surface area (Å²) in [5, 5.41) is 19.9. The van der Waals surface area contributed by atoms with Crippen LogP contribution in [0.25, 0.3) is 0 Å². The Morgan fingerprint density at radius 3 is 3.15 bits per heavy atom. The predicted molar refractivity (Wildman–Crippen MR) is 41.9 cm³/mol. The normalized spacial score (nSPS) is 22.0. The maximum Gasteiger partial charge on any atom is 0.306 e. The van der Waals surface area contributed by atoms with E-state index < -0.39 is 5.97 Å². The summed E-state index contributed by atoms with van der Waals surface area (Å²) in [6.45, 7) is 0.610. The van der Waals surface area contributed by atoms with Gasteiger partial charge in [-0.2, -0.15) is 0 Å². The fourth-order valence-electron chi connectivity index (χ4n) is 1.55. The standard InChI is InChI=1S/C7H10N4O2/c12-7(13)5-1-2-6-8-9-10-11(6)4-3-5/h5H,1-4H2,(H,12,13)/t5-/m0/s1. The van der Waals surface area contributed by atoms with Crippen LogP contribution >= 0.6 is 0 Å². The van der Waals surface area contributed by atoms with E-state index in [1.54, 1.807) is 4.68 Å². The van der Waals surface area contributed by atoms with Gasteiger partial charge in [-0.15, -0.1) is 5.10 Å². The fraction of sp³-hybridized carbons (Fsp3) is 0.714. The Bertz CT molecular complexity index is 300. The van der Waals surface area contributed by atoms with Crippen molar-refractivity contribution in [3.05, 3.63) is 5.82 Å². The van der Waals surface area contributed by atoms with Crippen LogP contribution in [0, 0.1) is 5.92 Å². The number of nitrogens with zero attached hydrogens (tertiary/aromatic N) is 4. The lowest BCUT2D eigenvalue weighted by molar-refractivity contribution is -0.142. The highest BCUT2D eigenvalue weighted by molar-refractivity contribution is 5.69. The van der Waals surface area contributed by atoms with Gasteiger partial charge in [0.2, 0.25) is 0 Å². The Kier molecular flexibility index (Phi) is 1.96. The molecule has 0 radical (unpaired) electrons. The van der Waals surface area contributed by atoms with E-state index in [-0.39, 0.29) is 5.92 Å². The van der Waals surface area contributed by atoms with Gasteiger partial charge in [0, 0.05) is 13.0 Å². The molecule has 1 aliphatic heterocycles. The topological polar surface area (TPSA) is 80.9 Å². The van der Waals surface area contributed by atoms with Crippen LogP contribution in [-0.2, 0) is 17.8 Å². The second kappa shape index (κ2) is 3.12. The number of carboxylic acid groups (broad SMARTS) is 1. The first-order valence-electron chi connectivity index (χ1n) is 4.25. The van der Waals surface area contributed by atoms with Crippen molar-refractivity contribution in [2.45, 2.75) is 25.8 Å². The molecule has 6 nitrogen and oxygen atoms in total. The molecule has 0 bridgehead atoms. The highest BCUT2D eigenvalue weighted by Crippen LogP contribution is 2.17. The number of fused-ring (bicyclic) bond motifs is 1. The molecule has 0 saturated carbocycles. The molecule has 1 N–H and O–H groups in total. The number of aryl methyl sites for hydroxylation is 2. The first-order chi connectivity index (χ1) is 6.27. The molecule has 1 aliphatic rings. The molecule has 6 heteroatoms. The zero-order chi connectivity index (χ0) is 9.26. The van der Waals surface area contributed by atoms with Crippen molar-refractivity contribution in [1.82, 2.24) is 20.2 Å². The van der Waals surface area contributed by atoms with Gasteiger partial charge in [0.25, 0.3) is 0 Å². The Labute approximate surface area is 74.6 Å². The molecule has 2 heterocycles. The van der Waals surface area contributed by atoms with Crippen LogP contribution in [0.2, 0.25) is 0 Å². The summed E-state index contributed by atoms with van der Waals surface area (Å²) in [4.78, 5) is 10.7. The molecule has 0 aliphatic carbocycles. The Hall–Kier alpha value is -1.46.